The molecule has 0 aliphatic carbocycles. The van der Waals surface area contributed by atoms with Gasteiger partial charge in [-0.3, -0.25) is 14.2 Å². The third kappa shape index (κ3) is 6.43. The lowest BCUT2D eigenvalue weighted by atomic mass is 9.95. The van der Waals surface area contributed by atoms with Crippen LogP contribution in [0.25, 0.3) is 16.8 Å². The lowest BCUT2D eigenvalue weighted by Gasteiger charge is -2.25. The van der Waals surface area contributed by atoms with Gasteiger partial charge >= 0.3 is 0 Å². The monoisotopic (exact) mass is 681 g/mol. The van der Waals surface area contributed by atoms with Gasteiger partial charge in [0, 0.05) is 11.3 Å². The fourth-order valence-corrected chi connectivity index (χ4v) is 7.27. The molecule has 250 valence electrons. The number of benzene rings is 5. The second-order valence-electron chi connectivity index (χ2n) is 11.7. The molecule has 7 rings (SSSR count). The molecule has 0 spiro atoms. The van der Waals surface area contributed by atoms with Crippen molar-refractivity contribution in [1.82, 2.24) is 4.57 Å². The highest BCUT2D eigenvalue weighted by Gasteiger charge is 2.32. The lowest BCUT2D eigenvalue weighted by Crippen LogP contribution is -2.40. The number of thiazole rings is 1. The van der Waals surface area contributed by atoms with E-state index in [4.69, 9.17) is 19.2 Å². The molecule has 1 aromatic heterocycles. The smallest absolute Gasteiger partial charge is 0.271 e. The summed E-state index contributed by atoms with van der Waals surface area (Å²) in [6.45, 7) is 4.56. The molecular formula is C41H35N3O5S. The summed E-state index contributed by atoms with van der Waals surface area (Å²) in [6.07, 6.45) is 1.81. The maximum Gasteiger partial charge on any atom is 0.271 e. The third-order valence-electron chi connectivity index (χ3n) is 8.57. The summed E-state index contributed by atoms with van der Waals surface area (Å²) >= 11 is 1.27. The maximum absolute atomic E-state index is 14.4. The molecule has 9 heteroatoms. The largest absolute Gasteiger partial charge is 0.494 e. The van der Waals surface area contributed by atoms with Crippen LogP contribution in [0.5, 0.6) is 17.2 Å². The first kappa shape index (κ1) is 32.6. The van der Waals surface area contributed by atoms with Gasteiger partial charge in [0.2, 0.25) is 0 Å². The topological polar surface area (TPSA) is 91.2 Å². The van der Waals surface area contributed by atoms with Crippen LogP contribution >= 0.6 is 11.3 Å². The van der Waals surface area contributed by atoms with E-state index in [0.29, 0.717) is 62.3 Å². The number of methoxy groups -OCH3 is 1. The van der Waals surface area contributed by atoms with Crippen LogP contribution in [0.3, 0.4) is 0 Å². The molecule has 0 bridgehead atoms. The third-order valence-corrected chi connectivity index (χ3v) is 9.56. The molecule has 0 unspecified atom stereocenters. The molecule has 5 aromatic carbocycles. The van der Waals surface area contributed by atoms with Gasteiger partial charge in [0.05, 0.1) is 35.6 Å². The van der Waals surface area contributed by atoms with Crippen LogP contribution in [0.15, 0.2) is 136 Å². The van der Waals surface area contributed by atoms with E-state index in [-0.39, 0.29) is 11.5 Å². The molecule has 6 aromatic rings. The number of para-hydroxylation sites is 2. The van der Waals surface area contributed by atoms with E-state index >= 15 is 0 Å². The Morgan fingerprint density at radius 1 is 0.900 bits per heavy atom. The number of allylic oxidation sites excluding steroid dienone is 1. The zero-order valence-corrected chi connectivity index (χ0v) is 28.7. The fourth-order valence-electron chi connectivity index (χ4n) is 6.23. The SMILES string of the molecule is CCOc1ccc([C@H]2C(C(=O)Nc3ccccc3)=C(C)N=c3s/c(=C\c4cccc(OC)c4OCc4cccc5ccccc45)c(=O)n32)cc1. The molecule has 0 fully saturated rings. The van der Waals surface area contributed by atoms with E-state index in [2.05, 4.69) is 23.5 Å². The van der Waals surface area contributed by atoms with Crippen LogP contribution in [0.1, 0.15) is 36.6 Å². The highest BCUT2D eigenvalue weighted by atomic mass is 32.1. The number of anilines is 1. The van der Waals surface area contributed by atoms with Gasteiger partial charge in [0.1, 0.15) is 12.4 Å². The molecule has 1 N–H and O–H groups in total. The van der Waals surface area contributed by atoms with Gasteiger partial charge in [-0.25, -0.2) is 4.99 Å². The minimum atomic E-state index is -0.722. The number of carbonyl (C=O) groups excluding carboxylic acids is 1. The number of nitrogens with one attached hydrogen (secondary N) is 1. The van der Waals surface area contributed by atoms with Crippen molar-refractivity contribution in [2.75, 3.05) is 19.0 Å². The molecule has 0 saturated heterocycles. The quantitative estimate of drug-likeness (QED) is 0.168. The highest BCUT2D eigenvalue weighted by molar-refractivity contribution is 7.07. The van der Waals surface area contributed by atoms with Crippen molar-refractivity contribution in [3.63, 3.8) is 0 Å². The summed E-state index contributed by atoms with van der Waals surface area (Å²) in [6, 6.07) is 35.9. The molecule has 50 heavy (non-hydrogen) atoms. The summed E-state index contributed by atoms with van der Waals surface area (Å²) in [4.78, 5) is 33.7. The van der Waals surface area contributed by atoms with Crippen LogP contribution in [0, 0.1) is 0 Å². The van der Waals surface area contributed by atoms with Crippen LogP contribution in [0.4, 0.5) is 5.69 Å². The molecule has 1 atom stereocenters. The Morgan fingerprint density at radius 3 is 2.42 bits per heavy atom. The average molecular weight is 682 g/mol. The predicted octanol–water partition coefficient (Wildman–Crippen LogP) is 7.01. The van der Waals surface area contributed by atoms with E-state index in [9.17, 15) is 9.59 Å². The molecule has 1 aliphatic heterocycles. The number of hydrogen-bond acceptors (Lipinski definition) is 7. The van der Waals surface area contributed by atoms with Crippen molar-refractivity contribution in [2.45, 2.75) is 26.5 Å². The first-order valence-electron chi connectivity index (χ1n) is 16.3. The second kappa shape index (κ2) is 14.3. The van der Waals surface area contributed by atoms with E-state index in [1.54, 1.807) is 18.6 Å². The number of fused-ring (bicyclic) bond motifs is 2. The Morgan fingerprint density at radius 2 is 1.64 bits per heavy atom. The molecular weight excluding hydrogens is 647 g/mol. The summed E-state index contributed by atoms with van der Waals surface area (Å²) in [5, 5.41) is 5.23. The normalized spacial score (nSPS) is 14.2. The number of ether oxygens (including phenoxy) is 3. The van der Waals surface area contributed by atoms with Gasteiger partial charge < -0.3 is 19.5 Å². The van der Waals surface area contributed by atoms with Gasteiger partial charge in [-0.2, -0.15) is 0 Å². The molecule has 2 heterocycles. The molecule has 8 nitrogen and oxygen atoms in total. The molecule has 1 amide bonds. The summed E-state index contributed by atoms with van der Waals surface area (Å²) in [7, 11) is 1.60. The first-order valence-corrected chi connectivity index (χ1v) is 17.1. The zero-order chi connectivity index (χ0) is 34.6. The van der Waals surface area contributed by atoms with Crippen molar-refractivity contribution in [3.8, 4) is 17.2 Å². The summed E-state index contributed by atoms with van der Waals surface area (Å²) in [5.74, 6) is 1.45. The number of nitrogens with zero attached hydrogens (tertiary/aromatic N) is 2. The minimum Gasteiger partial charge on any atom is -0.494 e. The number of carbonyl (C=O) groups is 1. The van der Waals surface area contributed by atoms with Crippen LogP contribution in [0.2, 0.25) is 0 Å². The Balaban J connectivity index is 1.31. The Labute approximate surface area is 293 Å². The van der Waals surface area contributed by atoms with Crippen LogP contribution < -0.4 is 34.4 Å². The van der Waals surface area contributed by atoms with E-state index in [1.165, 1.54) is 11.3 Å². The van der Waals surface area contributed by atoms with Crippen molar-refractivity contribution in [3.05, 3.63) is 163 Å². The van der Waals surface area contributed by atoms with Crippen molar-refractivity contribution in [2.24, 2.45) is 4.99 Å². The molecule has 0 radical (unpaired) electrons. The second-order valence-corrected chi connectivity index (χ2v) is 12.7. The lowest BCUT2D eigenvalue weighted by molar-refractivity contribution is -0.113. The Hall–Kier alpha value is -5.93. The minimum absolute atomic E-state index is 0.270. The molecule has 1 aliphatic rings. The van der Waals surface area contributed by atoms with Gasteiger partial charge in [-0.1, -0.05) is 96.3 Å². The highest BCUT2D eigenvalue weighted by Crippen LogP contribution is 2.34. The standard InChI is InChI=1S/C41H35N3O5S/c1-4-48-32-22-20-28(21-23-32)37-36(39(45)43-31-16-6-5-7-17-31)26(2)42-41-44(37)40(46)35(50-41)24-29-14-11-19-34(47-3)38(29)49-25-30-15-10-13-27-12-8-9-18-33(27)30/h5-24,37H,4,25H2,1-3H3,(H,43,45)/b35-24-/t37-/m0/s1. The Bertz CT molecular complexity index is 2410. The van der Waals surface area contributed by atoms with Crippen molar-refractivity contribution < 1.29 is 19.0 Å². The van der Waals surface area contributed by atoms with Crippen LogP contribution in [-0.4, -0.2) is 24.2 Å². The number of aromatic nitrogens is 1. The van der Waals surface area contributed by atoms with Gasteiger partial charge in [-0.15, -0.1) is 0 Å². The van der Waals surface area contributed by atoms with E-state index < -0.39 is 6.04 Å². The first-order chi connectivity index (χ1) is 24.4. The zero-order valence-electron chi connectivity index (χ0n) is 27.9. The van der Waals surface area contributed by atoms with Gasteiger partial charge in [-0.05, 0) is 72.2 Å². The van der Waals surface area contributed by atoms with E-state index in [0.717, 1.165) is 21.9 Å². The van der Waals surface area contributed by atoms with Crippen molar-refractivity contribution >= 4 is 39.8 Å². The van der Waals surface area contributed by atoms with Crippen molar-refractivity contribution in [1.29, 1.82) is 0 Å². The number of hydrogen-bond donors (Lipinski definition) is 1. The fraction of sp³-hybridized carbons (Fsp3) is 0.146. The Kier molecular flexibility index (Phi) is 9.31. The molecule has 0 saturated carbocycles. The summed E-state index contributed by atoms with van der Waals surface area (Å²) in [5.41, 5.74) is 3.77. The van der Waals surface area contributed by atoms with Crippen LogP contribution in [-0.2, 0) is 11.4 Å². The predicted molar refractivity (Wildman–Crippen MR) is 198 cm³/mol. The number of amides is 1. The van der Waals surface area contributed by atoms with E-state index in [1.807, 2.05) is 110 Å². The van der Waals surface area contributed by atoms with Gasteiger partial charge in [0.15, 0.2) is 16.3 Å². The van der Waals surface area contributed by atoms with Gasteiger partial charge in [0.25, 0.3) is 11.5 Å². The number of rotatable bonds is 10. The summed E-state index contributed by atoms with van der Waals surface area (Å²) < 4.78 is 19.9. The maximum atomic E-state index is 14.4. The average Bonchev–Trinajstić information content (AvgIpc) is 3.44.